The van der Waals surface area contributed by atoms with E-state index in [9.17, 15) is 4.79 Å². The molecule has 1 rings (SSSR count). The molecule has 0 aromatic rings. The predicted molar refractivity (Wildman–Crippen MR) is 79.1 cm³/mol. The van der Waals surface area contributed by atoms with Crippen molar-refractivity contribution in [3.63, 3.8) is 0 Å². The van der Waals surface area contributed by atoms with Crippen LogP contribution in [0.5, 0.6) is 0 Å². The molecule has 0 radical (unpaired) electrons. The Morgan fingerprint density at radius 1 is 1.32 bits per heavy atom. The molecule has 1 amide bonds. The van der Waals surface area contributed by atoms with Gasteiger partial charge in [-0.3, -0.25) is 9.69 Å². The zero-order valence-electron chi connectivity index (χ0n) is 12.5. The van der Waals surface area contributed by atoms with E-state index in [1.165, 1.54) is 12.8 Å². The molecule has 19 heavy (non-hydrogen) atoms. The molecule has 1 aliphatic rings. The Hall–Kier alpha value is -0.650. The topological polar surface area (TPSA) is 61.6 Å². The molecule has 0 saturated carbocycles. The van der Waals surface area contributed by atoms with Gasteiger partial charge in [0.05, 0.1) is 0 Å². The summed E-state index contributed by atoms with van der Waals surface area (Å²) in [5.41, 5.74) is 5.69. The number of nitrogens with zero attached hydrogens (tertiary/aromatic N) is 2. The van der Waals surface area contributed by atoms with Gasteiger partial charge in [-0.15, -0.1) is 0 Å². The average Bonchev–Trinajstić information content (AvgIpc) is 2.67. The van der Waals surface area contributed by atoms with Gasteiger partial charge < -0.3 is 16.0 Å². The summed E-state index contributed by atoms with van der Waals surface area (Å²) >= 11 is 0. The Morgan fingerprint density at radius 3 is 2.74 bits per heavy atom. The van der Waals surface area contributed by atoms with E-state index in [-0.39, 0.29) is 5.91 Å². The molecule has 1 heterocycles. The lowest BCUT2D eigenvalue weighted by atomic mass is 10.1. The highest BCUT2D eigenvalue weighted by Crippen LogP contribution is 2.12. The average molecular weight is 270 g/mol. The number of hydrogen-bond acceptors (Lipinski definition) is 4. The SMILES string of the molecule is CCC(CCN)N1CCCN(CCC(=O)NC)CC1. The molecule has 0 spiro atoms. The van der Waals surface area contributed by atoms with Crippen molar-refractivity contribution in [1.82, 2.24) is 15.1 Å². The van der Waals surface area contributed by atoms with Gasteiger partial charge in [-0.05, 0) is 38.9 Å². The van der Waals surface area contributed by atoms with E-state index in [4.69, 9.17) is 5.73 Å². The largest absolute Gasteiger partial charge is 0.359 e. The molecule has 1 saturated heterocycles. The molecule has 3 N–H and O–H groups in total. The summed E-state index contributed by atoms with van der Waals surface area (Å²) in [6, 6.07) is 0.629. The number of rotatable bonds is 7. The summed E-state index contributed by atoms with van der Waals surface area (Å²) in [5.74, 6) is 0.135. The van der Waals surface area contributed by atoms with Gasteiger partial charge in [0, 0.05) is 39.1 Å². The number of nitrogens with one attached hydrogen (secondary N) is 1. The summed E-state index contributed by atoms with van der Waals surface area (Å²) in [4.78, 5) is 16.3. The lowest BCUT2D eigenvalue weighted by Gasteiger charge is -2.29. The maximum absolute atomic E-state index is 11.3. The lowest BCUT2D eigenvalue weighted by Crippen LogP contribution is -2.39. The summed E-state index contributed by atoms with van der Waals surface area (Å²) in [6.45, 7) is 8.33. The van der Waals surface area contributed by atoms with E-state index in [0.717, 1.165) is 45.7 Å². The van der Waals surface area contributed by atoms with Crippen LogP contribution in [-0.4, -0.2) is 68.1 Å². The first kappa shape index (κ1) is 16.4. The normalized spacial score (nSPS) is 19.9. The molecule has 1 atom stereocenters. The number of nitrogens with two attached hydrogens (primary N) is 1. The molecule has 5 nitrogen and oxygen atoms in total. The van der Waals surface area contributed by atoms with Gasteiger partial charge in [0.2, 0.25) is 5.91 Å². The second-order valence-corrected chi connectivity index (χ2v) is 5.29. The van der Waals surface area contributed by atoms with Gasteiger partial charge in [0.1, 0.15) is 0 Å². The van der Waals surface area contributed by atoms with Crippen LogP contribution in [-0.2, 0) is 4.79 Å². The van der Waals surface area contributed by atoms with Gasteiger partial charge in [-0.2, -0.15) is 0 Å². The van der Waals surface area contributed by atoms with Gasteiger partial charge in [-0.1, -0.05) is 6.92 Å². The van der Waals surface area contributed by atoms with Gasteiger partial charge in [-0.25, -0.2) is 0 Å². The molecular formula is C14H30N4O. The van der Waals surface area contributed by atoms with Crippen molar-refractivity contribution in [2.75, 3.05) is 46.3 Å². The van der Waals surface area contributed by atoms with E-state index < -0.39 is 0 Å². The summed E-state index contributed by atoms with van der Waals surface area (Å²) in [5, 5.41) is 2.68. The van der Waals surface area contributed by atoms with Gasteiger partial charge >= 0.3 is 0 Å². The first-order valence-corrected chi connectivity index (χ1v) is 7.58. The molecule has 1 fully saturated rings. The predicted octanol–water partition coefficient (Wildman–Crippen LogP) is 0.258. The van der Waals surface area contributed by atoms with Crippen LogP contribution in [0.4, 0.5) is 0 Å². The highest BCUT2D eigenvalue weighted by molar-refractivity contribution is 5.75. The zero-order chi connectivity index (χ0) is 14.1. The molecule has 1 unspecified atom stereocenters. The highest BCUT2D eigenvalue weighted by atomic mass is 16.1. The number of carbonyl (C=O) groups is 1. The standard InChI is InChI=1S/C14H30N4O/c1-3-13(5-7-15)18-9-4-8-17(11-12-18)10-6-14(19)16-2/h13H,3-12,15H2,1-2H3,(H,16,19). The second-order valence-electron chi connectivity index (χ2n) is 5.29. The van der Waals surface area contributed by atoms with Crippen molar-refractivity contribution >= 4 is 5.91 Å². The third kappa shape index (κ3) is 5.89. The van der Waals surface area contributed by atoms with Crippen LogP contribution < -0.4 is 11.1 Å². The number of amides is 1. The smallest absolute Gasteiger partial charge is 0.221 e. The second kappa shape index (κ2) is 9.28. The van der Waals surface area contributed by atoms with Crippen molar-refractivity contribution in [2.24, 2.45) is 5.73 Å². The van der Waals surface area contributed by atoms with Gasteiger partial charge in [0.25, 0.3) is 0 Å². The zero-order valence-corrected chi connectivity index (χ0v) is 12.5. The van der Waals surface area contributed by atoms with Crippen LogP contribution in [0.3, 0.4) is 0 Å². The molecule has 0 aromatic heterocycles. The quantitative estimate of drug-likeness (QED) is 0.696. The minimum atomic E-state index is 0.135. The molecule has 0 bridgehead atoms. The van der Waals surface area contributed by atoms with Crippen LogP contribution in [0.2, 0.25) is 0 Å². The molecular weight excluding hydrogens is 240 g/mol. The summed E-state index contributed by atoms with van der Waals surface area (Å²) < 4.78 is 0. The van der Waals surface area contributed by atoms with E-state index in [1.54, 1.807) is 7.05 Å². The Bertz CT molecular complexity index is 260. The third-order valence-corrected chi connectivity index (χ3v) is 4.04. The minimum Gasteiger partial charge on any atom is -0.359 e. The van der Waals surface area contributed by atoms with E-state index >= 15 is 0 Å². The molecule has 0 aliphatic carbocycles. The Labute approximate surface area is 117 Å². The molecule has 0 aromatic carbocycles. The fourth-order valence-corrected chi connectivity index (χ4v) is 2.80. The van der Waals surface area contributed by atoms with Crippen LogP contribution in [0, 0.1) is 0 Å². The lowest BCUT2D eigenvalue weighted by molar-refractivity contribution is -0.120. The fourth-order valence-electron chi connectivity index (χ4n) is 2.80. The number of hydrogen-bond donors (Lipinski definition) is 2. The van der Waals surface area contributed by atoms with Crippen LogP contribution in [0.25, 0.3) is 0 Å². The van der Waals surface area contributed by atoms with E-state index in [0.29, 0.717) is 12.5 Å². The van der Waals surface area contributed by atoms with Crippen molar-refractivity contribution in [1.29, 1.82) is 0 Å². The molecule has 5 heteroatoms. The van der Waals surface area contributed by atoms with Crippen LogP contribution >= 0.6 is 0 Å². The van der Waals surface area contributed by atoms with Crippen molar-refractivity contribution in [2.45, 2.75) is 38.6 Å². The highest BCUT2D eigenvalue weighted by Gasteiger charge is 2.20. The monoisotopic (exact) mass is 270 g/mol. The van der Waals surface area contributed by atoms with Crippen LogP contribution in [0.1, 0.15) is 32.6 Å². The Morgan fingerprint density at radius 2 is 2.11 bits per heavy atom. The summed E-state index contributed by atoms with van der Waals surface area (Å²) in [6.07, 6.45) is 4.06. The van der Waals surface area contributed by atoms with Crippen molar-refractivity contribution in [3.8, 4) is 0 Å². The minimum absolute atomic E-state index is 0.135. The van der Waals surface area contributed by atoms with Gasteiger partial charge in [0.15, 0.2) is 0 Å². The maximum Gasteiger partial charge on any atom is 0.221 e. The van der Waals surface area contributed by atoms with E-state index in [2.05, 4.69) is 22.0 Å². The molecule has 1 aliphatic heterocycles. The van der Waals surface area contributed by atoms with E-state index in [1.807, 2.05) is 0 Å². The fraction of sp³-hybridized carbons (Fsp3) is 0.929. The number of carbonyl (C=O) groups excluding carboxylic acids is 1. The summed E-state index contributed by atoms with van der Waals surface area (Å²) in [7, 11) is 1.70. The van der Waals surface area contributed by atoms with Crippen molar-refractivity contribution in [3.05, 3.63) is 0 Å². The maximum atomic E-state index is 11.3. The Kier molecular flexibility index (Phi) is 8.02. The van der Waals surface area contributed by atoms with Crippen molar-refractivity contribution < 1.29 is 4.79 Å². The molecule has 112 valence electrons. The first-order valence-electron chi connectivity index (χ1n) is 7.58. The third-order valence-electron chi connectivity index (χ3n) is 4.04. The van der Waals surface area contributed by atoms with Crippen LogP contribution in [0.15, 0.2) is 0 Å². The Balaban J connectivity index is 2.35. The first-order chi connectivity index (χ1) is 9.21.